The normalized spacial score (nSPS) is 11.9. The molecule has 2 N–H and O–H groups in total. The van der Waals surface area contributed by atoms with Gasteiger partial charge in [0.05, 0.1) is 12.7 Å². The second-order valence-corrected chi connectivity index (χ2v) is 8.33. The van der Waals surface area contributed by atoms with E-state index in [0.717, 1.165) is 16.8 Å². The predicted octanol–water partition coefficient (Wildman–Crippen LogP) is 4.50. The van der Waals surface area contributed by atoms with E-state index in [4.69, 9.17) is 9.47 Å². The zero-order valence-corrected chi connectivity index (χ0v) is 19.9. The van der Waals surface area contributed by atoms with Crippen molar-refractivity contribution in [3.63, 3.8) is 0 Å². The van der Waals surface area contributed by atoms with Gasteiger partial charge in [-0.2, -0.15) is 4.98 Å². The largest absolute Gasteiger partial charge is 0.508 e. The molecule has 4 rings (SSSR count). The van der Waals surface area contributed by atoms with Crippen molar-refractivity contribution in [1.82, 2.24) is 9.55 Å². The van der Waals surface area contributed by atoms with Gasteiger partial charge in [0.25, 0.3) is 0 Å². The second kappa shape index (κ2) is 9.50. The Hall–Kier alpha value is -4.33. The van der Waals surface area contributed by atoms with Gasteiger partial charge >= 0.3 is 5.97 Å². The van der Waals surface area contributed by atoms with Gasteiger partial charge in [-0.15, -0.1) is 0 Å². The number of phenolic OH excluding ortho intramolecular Hbond substituents is 1. The molecule has 0 aliphatic rings. The van der Waals surface area contributed by atoms with Crippen LogP contribution in [0.3, 0.4) is 0 Å². The minimum absolute atomic E-state index is 0.0851. The first-order valence-corrected chi connectivity index (χ1v) is 11.1. The van der Waals surface area contributed by atoms with Crippen molar-refractivity contribution in [2.45, 2.75) is 33.4 Å². The number of hydrogen-bond acceptors (Lipinski definition) is 6. The maximum Gasteiger partial charge on any atom is 0.344 e. The first kappa shape index (κ1) is 23.8. The van der Waals surface area contributed by atoms with Crippen LogP contribution in [0.5, 0.6) is 17.4 Å². The molecule has 0 aliphatic carbocycles. The van der Waals surface area contributed by atoms with Gasteiger partial charge in [-0.1, -0.05) is 6.07 Å². The van der Waals surface area contributed by atoms with Crippen LogP contribution >= 0.6 is 0 Å². The Labute approximate surface area is 202 Å². The van der Waals surface area contributed by atoms with E-state index >= 15 is 0 Å². The number of phenols is 1. The zero-order valence-electron chi connectivity index (χ0n) is 19.9. The summed E-state index contributed by atoms with van der Waals surface area (Å²) in [5.74, 6) is -0.276. The van der Waals surface area contributed by atoms with E-state index in [0.29, 0.717) is 40.3 Å². The lowest BCUT2D eigenvalue weighted by atomic mass is 10.0. The number of fused-ring (bicyclic) bond motifs is 1. The van der Waals surface area contributed by atoms with E-state index in [1.54, 1.807) is 24.3 Å². The van der Waals surface area contributed by atoms with Crippen LogP contribution in [0, 0.1) is 13.8 Å². The fourth-order valence-electron chi connectivity index (χ4n) is 3.99. The van der Waals surface area contributed by atoms with Crippen LogP contribution in [0.2, 0.25) is 0 Å². The van der Waals surface area contributed by atoms with Gasteiger partial charge in [-0.25, -0.2) is 4.79 Å². The first-order chi connectivity index (χ1) is 16.7. The van der Waals surface area contributed by atoms with E-state index in [1.165, 1.54) is 26.2 Å². The van der Waals surface area contributed by atoms with E-state index in [2.05, 4.69) is 4.98 Å². The Kier molecular flexibility index (Phi) is 6.46. The lowest BCUT2D eigenvalue weighted by Crippen LogP contribution is -2.23. The Morgan fingerprint density at radius 1 is 1.06 bits per heavy atom. The van der Waals surface area contributed by atoms with E-state index in [9.17, 15) is 19.8 Å². The van der Waals surface area contributed by atoms with Gasteiger partial charge in [0.15, 0.2) is 11.9 Å². The fraction of sp³-hybridized carbons (Fsp3) is 0.222. The highest BCUT2D eigenvalue weighted by atomic mass is 16.5. The van der Waals surface area contributed by atoms with Crippen molar-refractivity contribution >= 4 is 22.8 Å². The number of methoxy groups -OCH3 is 1. The fourth-order valence-corrected chi connectivity index (χ4v) is 3.99. The van der Waals surface area contributed by atoms with Crippen LogP contribution in [-0.2, 0) is 11.3 Å². The lowest BCUT2D eigenvalue weighted by Gasteiger charge is -2.15. The molecule has 1 unspecified atom stereocenters. The quantitative estimate of drug-likeness (QED) is 0.362. The summed E-state index contributed by atoms with van der Waals surface area (Å²) in [6.07, 6.45) is -0.986. The molecule has 2 heterocycles. The van der Waals surface area contributed by atoms with Crippen LogP contribution in [0.25, 0.3) is 11.0 Å². The highest BCUT2D eigenvalue weighted by Gasteiger charge is 2.23. The van der Waals surface area contributed by atoms with Crippen LogP contribution in [-0.4, -0.2) is 44.7 Å². The molecule has 0 amide bonds. The molecule has 8 nitrogen and oxygen atoms in total. The Morgan fingerprint density at radius 3 is 2.43 bits per heavy atom. The minimum Gasteiger partial charge on any atom is -0.508 e. The van der Waals surface area contributed by atoms with Crippen LogP contribution in [0.1, 0.15) is 39.7 Å². The Morgan fingerprint density at radius 2 is 1.77 bits per heavy atom. The van der Waals surface area contributed by atoms with E-state index < -0.39 is 12.1 Å². The average Bonchev–Trinajstić information content (AvgIpc) is 3.11. The third-order valence-electron chi connectivity index (χ3n) is 6.02. The number of carbonyl (C=O) groups excluding carboxylic acids is 1. The molecule has 8 heteroatoms. The highest BCUT2D eigenvalue weighted by molar-refractivity contribution is 6.17. The SMILES string of the molecule is COc1ccc2c(C(=O)c3ccc(O)cc3)c(C)n(Cc3cc(OC(C)C(=O)O)ccc3C)c2n1. The van der Waals surface area contributed by atoms with Crippen molar-refractivity contribution in [3.05, 3.63) is 82.5 Å². The number of rotatable bonds is 8. The number of aromatic hydroxyl groups is 1. The summed E-state index contributed by atoms with van der Waals surface area (Å²) in [5.41, 5.74) is 4.17. The summed E-state index contributed by atoms with van der Waals surface area (Å²) in [7, 11) is 1.53. The minimum atomic E-state index is -1.05. The molecule has 0 radical (unpaired) electrons. The Balaban J connectivity index is 1.82. The monoisotopic (exact) mass is 474 g/mol. The molecule has 2 aromatic heterocycles. The van der Waals surface area contributed by atoms with Crippen molar-refractivity contribution in [2.75, 3.05) is 7.11 Å². The van der Waals surface area contributed by atoms with Gasteiger partial charge < -0.3 is 24.3 Å². The molecule has 0 bridgehead atoms. The number of ketones is 1. The number of carbonyl (C=O) groups is 2. The van der Waals surface area contributed by atoms with Gasteiger partial charge in [0.2, 0.25) is 5.88 Å². The summed E-state index contributed by atoms with van der Waals surface area (Å²) in [4.78, 5) is 29.3. The first-order valence-electron chi connectivity index (χ1n) is 11.1. The number of carboxylic acid groups (broad SMARTS) is 1. The van der Waals surface area contributed by atoms with Crippen molar-refractivity contribution in [1.29, 1.82) is 0 Å². The molecule has 2 aromatic carbocycles. The second-order valence-electron chi connectivity index (χ2n) is 8.33. The summed E-state index contributed by atoms with van der Waals surface area (Å²) in [6, 6.07) is 15.1. The van der Waals surface area contributed by atoms with E-state index in [1.807, 2.05) is 36.6 Å². The molecule has 0 spiro atoms. The summed E-state index contributed by atoms with van der Waals surface area (Å²) in [6.45, 7) is 5.68. The molecule has 35 heavy (non-hydrogen) atoms. The molecule has 180 valence electrons. The van der Waals surface area contributed by atoms with Crippen LogP contribution in [0.4, 0.5) is 0 Å². The summed E-state index contributed by atoms with van der Waals surface area (Å²) in [5, 5.41) is 19.5. The van der Waals surface area contributed by atoms with E-state index in [-0.39, 0.29) is 11.5 Å². The number of pyridine rings is 1. The predicted molar refractivity (Wildman–Crippen MR) is 131 cm³/mol. The molecule has 4 aromatic rings. The number of carboxylic acids is 1. The highest BCUT2D eigenvalue weighted by Crippen LogP contribution is 2.31. The molecule has 0 saturated heterocycles. The molecule has 0 fully saturated rings. The average molecular weight is 475 g/mol. The Bertz CT molecular complexity index is 1420. The maximum atomic E-state index is 13.5. The number of aliphatic carboxylic acids is 1. The molecular weight excluding hydrogens is 448 g/mol. The third kappa shape index (κ3) is 4.68. The molecule has 0 saturated carbocycles. The van der Waals surface area contributed by atoms with Gasteiger partial charge in [0.1, 0.15) is 17.1 Å². The van der Waals surface area contributed by atoms with Crippen LogP contribution < -0.4 is 9.47 Å². The molecule has 1 atom stereocenters. The van der Waals surface area contributed by atoms with Gasteiger partial charge in [-0.3, -0.25) is 4.79 Å². The zero-order chi connectivity index (χ0) is 25.3. The van der Waals surface area contributed by atoms with Gasteiger partial charge in [-0.05, 0) is 74.4 Å². The number of benzene rings is 2. The van der Waals surface area contributed by atoms with Crippen molar-refractivity contribution in [2.24, 2.45) is 0 Å². The topological polar surface area (TPSA) is 111 Å². The maximum absolute atomic E-state index is 13.5. The number of aromatic nitrogens is 2. The number of nitrogens with zero attached hydrogens (tertiary/aromatic N) is 2. The summed E-state index contributed by atoms with van der Waals surface area (Å²) < 4.78 is 12.8. The van der Waals surface area contributed by atoms with Crippen LogP contribution in [0.15, 0.2) is 54.6 Å². The number of aryl methyl sites for hydroxylation is 1. The summed E-state index contributed by atoms with van der Waals surface area (Å²) >= 11 is 0. The van der Waals surface area contributed by atoms with Crippen molar-refractivity contribution in [3.8, 4) is 17.4 Å². The van der Waals surface area contributed by atoms with Gasteiger partial charge in [0, 0.05) is 29.3 Å². The molecular formula is C27H26N2O6. The third-order valence-corrected chi connectivity index (χ3v) is 6.02. The number of ether oxygens (including phenoxy) is 2. The smallest absolute Gasteiger partial charge is 0.344 e. The lowest BCUT2D eigenvalue weighted by molar-refractivity contribution is -0.144. The van der Waals surface area contributed by atoms with Crippen molar-refractivity contribution < 1.29 is 29.3 Å². The standard InChI is InChI=1S/C27H26N2O6/c1-15-5-10-21(35-17(3)27(32)33)13-19(15)14-29-16(2)24(22-11-12-23(34-4)28-26(22)29)25(31)18-6-8-20(30)9-7-18/h5-13,17,30H,14H2,1-4H3,(H,32,33). The number of hydrogen-bond donors (Lipinski definition) is 2. The molecule has 0 aliphatic heterocycles.